The fraction of sp³-hybridized carbons (Fsp3) is 0.333. The summed E-state index contributed by atoms with van der Waals surface area (Å²) < 4.78 is 6.69. The molecule has 2 aromatic rings. The van der Waals surface area contributed by atoms with Crippen LogP contribution in [0, 0.1) is 10.5 Å². The lowest BCUT2D eigenvalue weighted by Crippen LogP contribution is -2.05. The van der Waals surface area contributed by atoms with Crippen LogP contribution in [-0.2, 0) is 0 Å². The van der Waals surface area contributed by atoms with E-state index in [1.54, 1.807) is 0 Å². The van der Waals surface area contributed by atoms with Gasteiger partial charge < -0.3 is 10.1 Å². The van der Waals surface area contributed by atoms with Gasteiger partial charge in [0.25, 0.3) is 0 Å². The third-order valence-electron chi connectivity index (χ3n) is 2.74. The normalized spacial score (nSPS) is 10.7. The minimum atomic E-state index is 0.175. The highest BCUT2D eigenvalue weighted by atomic mass is 127. The molecule has 106 valence electrons. The van der Waals surface area contributed by atoms with Gasteiger partial charge in [-0.3, -0.25) is 0 Å². The van der Waals surface area contributed by atoms with E-state index in [2.05, 4.69) is 37.9 Å². The molecule has 20 heavy (non-hydrogen) atoms. The monoisotopic (exact) mass is 383 g/mol. The van der Waals surface area contributed by atoms with E-state index in [4.69, 9.17) is 4.74 Å². The van der Waals surface area contributed by atoms with Crippen molar-refractivity contribution in [2.45, 2.75) is 26.9 Å². The average Bonchev–Trinajstić information content (AvgIpc) is 2.42. The van der Waals surface area contributed by atoms with Gasteiger partial charge in [-0.1, -0.05) is 0 Å². The first-order valence-electron chi connectivity index (χ1n) is 6.50. The van der Waals surface area contributed by atoms with Gasteiger partial charge in [-0.05, 0) is 67.6 Å². The number of hydrogen-bond donors (Lipinski definition) is 1. The number of ether oxygens (including phenoxy) is 1. The van der Waals surface area contributed by atoms with Crippen LogP contribution < -0.4 is 10.1 Å². The lowest BCUT2D eigenvalue weighted by atomic mass is 10.2. The van der Waals surface area contributed by atoms with Crippen LogP contribution in [0.4, 0.5) is 5.82 Å². The second-order valence-electron chi connectivity index (χ2n) is 4.74. The lowest BCUT2D eigenvalue weighted by molar-refractivity contribution is 0.242. The molecule has 4 nitrogen and oxygen atoms in total. The number of halogens is 1. The zero-order chi connectivity index (χ0) is 14.7. The minimum absolute atomic E-state index is 0.175. The smallest absolute Gasteiger partial charge is 0.161 e. The first-order valence-corrected chi connectivity index (χ1v) is 7.58. The molecular formula is C15H18IN3O. The SMILES string of the molecule is CNc1nc(-c2ccc(OC(C)C)cc2)nc(C)c1I. The maximum Gasteiger partial charge on any atom is 0.161 e. The van der Waals surface area contributed by atoms with E-state index in [0.29, 0.717) is 0 Å². The summed E-state index contributed by atoms with van der Waals surface area (Å²) in [5.74, 6) is 2.44. The Hall–Kier alpha value is -1.37. The lowest BCUT2D eigenvalue weighted by Gasteiger charge is -2.11. The summed E-state index contributed by atoms with van der Waals surface area (Å²) in [6.07, 6.45) is 0.175. The van der Waals surface area contributed by atoms with Crippen LogP contribution in [0.2, 0.25) is 0 Å². The van der Waals surface area contributed by atoms with Crippen molar-refractivity contribution in [3.63, 3.8) is 0 Å². The Kier molecular flexibility index (Phi) is 4.80. The predicted molar refractivity (Wildman–Crippen MR) is 90.2 cm³/mol. The minimum Gasteiger partial charge on any atom is -0.491 e. The van der Waals surface area contributed by atoms with E-state index in [1.807, 2.05) is 52.1 Å². The van der Waals surface area contributed by atoms with Crippen LogP contribution >= 0.6 is 22.6 Å². The van der Waals surface area contributed by atoms with Gasteiger partial charge in [0.15, 0.2) is 5.82 Å². The molecule has 1 heterocycles. The third-order valence-corrected chi connectivity index (χ3v) is 4.03. The molecule has 1 aromatic heterocycles. The number of nitrogens with one attached hydrogen (secondary N) is 1. The summed E-state index contributed by atoms with van der Waals surface area (Å²) in [7, 11) is 1.87. The number of aromatic nitrogens is 2. The van der Waals surface area contributed by atoms with Crippen LogP contribution in [0.3, 0.4) is 0 Å². The maximum atomic E-state index is 5.64. The number of rotatable bonds is 4. The Morgan fingerprint density at radius 2 is 1.80 bits per heavy atom. The fourth-order valence-corrected chi connectivity index (χ4v) is 2.32. The second kappa shape index (κ2) is 6.39. The highest BCUT2D eigenvalue weighted by Crippen LogP contribution is 2.25. The molecule has 0 saturated carbocycles. The van der Waals surface area contributed by atoms with Crippen LogP contribution in [0.15, 0.2) is 24.3 Å². The van der Waals surface area contributed by atoms with Crippen molar-refractivity contribution in [3.05, 3.63) is 33.5 Å². The van der Waals surface area contributed by atoms with Gasteiger partial charge in [0, 0.05) is 12.6 Å². The molecule has 0 aliphatic heterocycles. The fourth-order valence-electron chi connectivity index (χ4n) is 1.81. The molecule has 0 saturated heterocycles. The van der Waals surface area contributed by atoms with Gasteiger partial charge in [-0.15, -0.1) is 0 Å². The predicted octanol–water partition coefficient (Wildman–Crippen LogP) is 3.89. The molecule has 0 unspecified atom stereocenters. The molecule has 2 rings (SSSR count). The number of benzene rings is 1. The van der Waals surface area contributed by atoms with Crippen molar-refractivity contribution in [3.8, 4) is 17.1 Å². The summed E-state index contributed by atoms with van der Waals surface area (Å²) >= 11 is 2.25. The van der Waals surface area contributed by atoms with E-state index < -0.39 is 0 Å². The van der Waals surface area contributed by atoms with Crippen LogP contribution in [0.5, 0.6) is 5.75 Å². The summed E-state index contributed by atoms with van der Waals surface area (Å²) in [6, 6.07) is 7.87. The molecule has 1 aromatic carbocycles. The van der Waals surface area contributed by atoms with Gasteiger partial charge >= 0.3 is 0 Å². The molecule has 0 bridgehead atoms. The van der Waals surface area contributed by atoms with Gasteiger partial charge in [0.05, 0.1) is 15.4 Å². The Morgan fingerprint density at radius 3 is 2.35 bits per heavy atom. The summed E-state index contributed by atoms with van der Waals surface area (Å²) in [5, 5.41) is 3.10. The standard InChI is InChI=1S/C15H18IN3O/c1-9(2)20-12-7-5-11(6-8-12)14-18-10(3)13(16)15(17-4)19-14/h5-9H,1-4H3,(H,17,18,19). The van der Waals surface area contributed by atoms with Gasteiger partial charge in [-0.25, -0.2) is 9.97 Å². The Labute approximate surface area is 133 Å². The molecular weight excluding hydrogens is 365 g/mol. The van der Waals surface area contributed by atoms with Crippen molar-refractivity contribution in [2.24, 2.45) is 0 Å². The Balaban J connectivity index is 2.34. The highest BCUT2D eigenvalue weighted by molar-refractivity contribution is 14.1. The molecule has 0 fully saturated rings. The summed E-state index contributed by atoms with van der Waals surface area (Å²) in [6.45, 7) is 6.02. The zero-order valence-electron chi connectivity index (χ0n) is 12.1. The van der Waals surface area contributed by atoms with E-state index in [1.165, 1.54) is 0 Å². The van der Waals surface area contributed by atoms with Gasteiger partial charge in [0.1, 0.15) is 11.6 Å². The molecule has 0 aliphatic rings. The van der Waals surface area contributed by atoms with E-state index in [9.17, 15) is 0 Å². The van der Waals surface area contributed by atoms with Crippen LogP contribution in [0.1, 0.15) is 19.5 Å². The number of anilines is 1. The van der Waals surface area contributed by atoms with E-state index in [0.717, 1.165) is 32.2 Å². The van der Waals surface area contributed by atoms with Gasteiger partial charge in [0.2, 0.25) is 0 Å². The van der Waals surface area contributed by atoms with Crippen molar-refractivity contribution in [1.29, 1.82) is 0 Å². The Bertz CT molecular complexity index is 597. The molecule has 1 N–H and O–H groups in total. The molecule has 0 aliphatic carbocycles. The van der Waals surface area contributed by atoms with Crippen LogP contribution in [0.25, 0.3) is 11.4 Å². The molecule has 0 spiro atoms. The second-order valence-corrected chi connectivity index (χ2v) is 5.81. The van der Waals surface area contributed by atoms with Crippen molar-refractivity contribution in [2.75, 3.05) is 12.4 Å². The van der Waals surface area contributed by atoms with E-state index >= 15 is 0 Å². The highest BCUT2D eigenvalue weighted by Gasteiger charge is 2.10. The number of hydrogen-bond acceptors (Lipinski definition) is 4. The van der Waals surface area contributed by atoms with E-state index in [-0.39, 0.29) is 6.10 Å². The third kappa shape index (κ3) is 3.39. The van der Waals surface area contributed by atoms with Crippen LogP contribution in [-0.4, -0.2) is 23.1 Å². The molecule has 0 atom stereocenters. The quantitative estimate of drug-likeness (QED) is 0.814. The molecule has 5 heteroatoms. The first kappa shape index (κ1) is 15.0. The summed E-state index contributed by atoms with van der Waals surface area (Å²) in [5.41, 5.74) is 1.96. The maximum absolute atomic E-state index is 5.64. The average molecular weight is 383 g/mol. The zero-order valence-corrected chi connectivity index (χ0v) is 14.2. The first-order chi connectivity index (χ1) is 9.51. The topological polar surface area (TPSA) is 47.0 Å². The van der Waals surface area contributed by atoms with Crippen molar-refractivity contribution in [1.82, 2.24) is 9.97 Å². The van der Waals surface area contributed by atoms with Crippen molar-refractivity contribution >= 4 is 28.4 Å². The number of aryl methyl sites for hydroxylation is 1. The van der Waals surface area contributed by atoms with Gasteiger partial charge in [-0.2, -0.15) is 0 Å². The number of nitrogens with zero attached hydrogens (tertiary/aromatic N) is 2. The molecule has 0 amide bonds. The van der Waals surface area contributed by atoms with Crippen molar-refractivity contribution < 1.29 is 4.74 Å². The summed E-state index contributed by atoms with van der Waals surface area (Å²) in [4.78, 5) is 9.08. The Morgan fingerprint density at radius 1 is 1.15 bits per heavy atom. The largest absolute Gasteiger partial charge is 0.491 e. The molecule has 0 radical (unpaired) electrons.